The number of carbonyl (C=O) groups is 1. The second-order valence-electron chi connectivity index (χ2n) is 4.27. The molecule has 0 aromatic carbocycles. The fourth-order valence-electron chi connectivity index (χ4n) is 0.603. The topological polar surface area (TPSA) is 29.1 Å². The Labute approximate surface area is 69.4 Å². The molecule has 0 unspecified atom stereocenters. The number of Topliss-reactive ketones (excluding diaryl/α,β-unsaturated/α-hetero) is 1. The highest BCUT2D eigenvalue weighted by Gasteiger charge is 2.13. The molecule has 2 heteroatoms. The van der Waals surface area contributed by atoms with Gasteiger partial charge in [0.15, 0.2) is 0 Å². The lowest BCUT2D eigenvalue weighted by molar-refractivity contribution is -0.118. The summed E-state index contributed by atoms with van der Waals surface area (Å²) in [4.78, 5) is 10.8. The molecule has 0 saturated carbocycles. The van der Waals surface area contributed by atoms with E-state index in [0.717, 1.165) is 6.54 Å². The highest BCUT2D eigenvalue weighted by molar-refractivity contribution is 5.80. The van der Waals surface area contributed by atoms with E-state index >= 15 is 0 Å². The number of carbonyl (C=O) groups excluding carboxylic acids is 1. The maximum absolute atomic E-state index is 10.8. The van der Waals surface area contributed by atoms with Gasteiger partial charge in [0.25, 0.3) is 0 Å². The predicted molar refractivity (Wildman–Crippen MR) is 47.6 cm³/mol. The van der Waals surface area contributed by atoms with Crippen LogP contribution in [0.1, 0.15) is 34.6 Å². The van der Waals surface area contributed by atoms with Crippen LogP contribution in [-0.2, 0) is 4.79 Å². The van der Waals surface area contributed by atoms with E-state index in [0.29, 0.717) is 0 Å². The summed E-state index contributed by atoms with van der Waals surface area (Å²) in [6, 6.07) is -0.00535. The Bertz CT molecular complexity index is 135. The van der Waals surface area contributed by atoms with E-state index in [1.54, 1.807) is 6.92 Å². The van der Waals surface area contributed by atoms with Crippen LogP contribution in [0.3, 0.4) is 0 Å². The molecule has 0 bridgehead atoms. The van der Waals surface area contributed by atoms with E-state index in [1.165, 1.54) is 0 Å². The zero-order valence-electron chi connectivity index (χ0n) is 8.19. The molecule has 0 rings (SSSR count). The lowest BCUT2D eigenvalue weighted by atomic mass is 9.96. The summed E-state index contributed by atoms with van der Waals surface area (Å²) in [5.41, 5.74) is 0.254. The molecule has 1 N–H and O–H groups in total. The van der Waals surface area contributed by atoms with Gasteiger partial charge in [0, 0.05) is 6.54 Å². The maximum atomic E-state index is 10.8. The molecule has 0 spiro atoms. The maximum Gasteiger partial charge on any atom is 0.146 e. The SMILES string of the molecule is CC(=O)[C@@H](C)NCC(C)(C)C. The van der Waals surface area contributed by atoms with Gasteiger partial charge in [-0.15, -0.1) is 0 Å². The third-order valence-electron chi connectivity index (χ3n) is 1.55. The summed E-state index contributed by atoms with van der Waals surface area (Å²) in [5, 5.41) is 3.17. The van der Waals surface area contributed by atoms with Gasteiger partial charge in [-0.25, -0.2) is 0 Å². The average Bonchev–Trinajstić information content (AvgIpc) is 1.80. The van der Waals surface area contributed by atoms with E-state index in [-0.39, 0.29) is 17.2 Å². The van der Waals surface area contributed by atoms with Crippen molar-refractivity contribution in [3.05, 3.63) is 0 Å². The molecule has 0 heterocycles. The first-order valence-corrected chi connectivity index (χ1v) is 4.07. The van der Waals surface area contributed by atoms with E-state index < -0.39 is 0 Å². The first-order valence-electron chi connectivity index (χ1n) is 4.07. The fourth-order valence-corrected chi connectivity index (χ4v) is 0.603. The number of nitrogens with one attached hydrogen (secondary N) is 1. The van der Waals surface area contributed by atoms with Crippen molar-refractivity contribution in [3.63, 3.8) is 0 Å². The minimum atomic E-state index is -0.00535. The van der Waals surface area contributed by atoms with Crippen LogP contribution in [-0.4, -0.2) is 18.4 Å². The Morgan fingerprint density at radius 3 is 2.18 bits per heavy atom. The molecule has 66 valence electrons. The first kappa shape index (κ1) is 10.6. The van der Waals surface area contributed by atoms with Gasteiger partial charge in [-0.1, -0.05) is 20.8 Å². The quantitative estimate of drug-likeness (QED) is 0.674. The molecule has 0 aliphatic rings. The van der Waals surface area contributed by atoms with Crippen LogP contribution in [0.5, 0.6) is 0 Å². The summed E-state index contributed by atoms with van der Waals surface area (Å²) < 4.78 is 0. The average molecular weight is 157 g/mol. The van der Waals surface area contributed by atoms with Crippen LogP contribution in [0.2, 0.25) is 0 Å². The number of hydrogen-bond acceptors (Lipinski definition) is 2. The van der Waals surface area contributed by atoms with Gasteiger partial charge in [-0.05, 0) is 19.3 Å². The van der Waals surface area contributed by atoms with Crippen molar-refractivity contribution in [2.24, 2.45) is 5.41 Å². The van der Waals surface area contributed by atoms with Crippen molar-refractivity contribution in [2.75, 3.05) is 6.54 Å². The largest absolute Gasteiger partial charge is 0.307 e. The lowest BCUT2D eigenvalue weighted by Crippen LogP contribution is -2.37. The standard InChI is InChI=1S/C9H19NO/c1-7(8(2)11)10-6-9(3,4)5/h7,10H,6H2,1-5H3/t7-/m1/s1. The molecule has 11 heavy (non-hydrogen) atoms. The van der Waals surface area contributed by atoms with Crippen molar-refractivity contribution < 1.29 is 4.79 Å². The number of hydrogen-bond donors (Lipinski definition) is 1. The van der Waals surface area contributed by atoms with E-state index in [2.05, 4.69) is 26.1 Å². The van der Waals surface area contributed by atoms with E-state index in [1.807, 2.05) is 6.92 Å². The molecule has 2 nitrogen and oxygen atoms in total. The van der Waals surface area contributed by atoms with E-state index in [4.69, 9.17) is 0 Å². The van der Waals surface area contributed by atoms with Crippen LogP contribution < -0.4 is 5.32 Å². The number of rotatable bonds is 3. The van der Waals surface area contributed by atoms with Gasteiger partial charge in [0.1, 0.15) is 5.78 Å². The minimum Gasteiger partial charge on any atom is -0.307 e. The highest BCUT2D eigenvalue weighted by atomic mass is 16.1. The first-order chi connectivity index (χ1) is 4.83. The molecular weight excluding hydrogens is 138 g/mol. The smallest absolute Gasteiger partial charge is 0.146 e. The minimum absolute atomic E-state index is 0.00535. The summed E-state index contributed by atoms with van der Waals surface area (Å²) in [7, 11) is 0. The van der Waals surface area contributed by atoms with Crippen molar-refractivity contribution in [3.8, 4) is 0 Å². The molecule has 0 aliphatic heterocycles. The Morgan fingerprint density at radius 1 is 1.45 bits per heavy atom. The van der Waals surface area contributed by atoms with Gasteiger partial charge in [-0.2, -0.15) is 0 Å². The summed E-state index contributed by atoms with van der Waals surface area (Å²) >= 11 is 0. The second-order valence-corrected chi connectivity index (χ2v) is 4.27. The van der Waals surface area contributed by atoms with Crippen LogP contribution in [0.25, 0.3) is 0 Å². The molecule has 0 aliphatic carbocycles. The zero-order valence-corrected chi connectivity index (χ0v) is 8.19. The summed E-state index contributed by atoms with van der Waals surface area (Å²) in [6.07, 6.45) is 0. The zero-order chi connectivity index (χ0) is 9.07. The van der Waals surface area contributed by atoms with Crippen LogP contribution in [0, 0.1) is 5.41 Å². The number of ketones is 1. The molecule has 1 atom stereocenters. The third kappa shape index (κ3) is 6.05. The molecular formula is C9H19NO. The van der Waals surface area contributed by atoms with Gasteiger partial charge < -0.3 is 5.32 Å². The van der Waals surface area contributed by atoms with Crippen LogP contribution in [0.15, 0.2) is 0 Å². The molecule has 0 fully saturated rings. The third-order valence-corrected chi connectivity index (χ3v) is 1.55. The van der Waals surface area contributed by atoms with Crippen LogP contribution >= 0.6 is 0 Å². The van der Waals surface area contributed by atoms with Gasteiger partial charge >= 0.3 is 0 Å². The van der Waals surface area contributed by atoms with Gasteiger partial charge in [0.2, 0.25) is 0 Å². The summed E-state index contributed by atoms with van der Waals surface area (Å²) in [6.45, 7) is 10.8. The molecule has 0 saturated heterocycles. The van der Waals surface area contributed by atoms with Crippen molar-refractivity contribution in [1.82, 2.24) is 5.32 Å². The van der Waals surface area contributed by atoms with Crippen LogP contribution in [0.4, 0.5) is 0 Å². The fraction of sp³-hybridized carbons (Fsp3) is 0.889. The normalized spacial score (nSPS) is 14.6. The van der Waals surface area contributed by atoms with Gasteiger partial charge in [0.05, 0.1) is 6.04 Å². The molecule has 0 aromatic heterocycles. The molecule has 0 amide bonds. The lowest BCUT2D eigenvalue weighted by Gasteiger charge is -2.21. The van der Waals surface area contributed by atoms with Crippen molar-refractivity contribution in [1.29, 1.82) is 0 Å². The molecule has 0 radical (unpaired) electrons. The van der Waals surface area contributed by atoms with Gasteiger partial charge in [-0.3, -0.25) is 4.79 Å². The Kier molecular flexibility index (Phi) is 3.73. The second kappa shape index (κ2) is 3.86. The Hall–Kier alpha value is -0.370. The monoisotopic (exact) mass is 157 g/mol. The predicted octanol–water partition coefficient (Wildman–Crippen LogP) is 1.60. The Balaban J connectivity index is 3.63. The summed E-state index contributed by atoms with van der Waals surface area (Å²) in [5.74, 6) is 0.203. The van der Waals surface area contributed by atoms with Crippen molar-refractivity contribution >= 4 is 5.78 Å². The highest BCUT2D eigenvalue weighted by Crippen LogP contribution is 2.10. The Morgan fingerprint density at radius 2 is 1.91 bits per heavy atom. The van der Waals surface area contributed by atoms with Crippen molar-refractivity contribution in [2.45, 2.75) is 40.7 Å². The molecule has 0 aromatic rings. The van der Waals surface area contributed by atoms with E-state index in [9.17, 15) is 4.79 Å².